The van der Waals surface area contributed by atoms with Gasteiger partial charge in [0.05, 0.1) is 11.4 Å². The van der Waals surface area contributed by atoms with E-state index in [1.54, 1.807) is 30.3 Å². The molecule has 1 N–H and O–H groups in total. The normalized spacial score (nSPS) is 11.3. The number of sulfonamides is 1. The molecule has 0 atom stereocenters. The van der Waals surface area contributed by atoms with E-state index in [0.717, 1.165) is 0 Å². The van der Waals surface area contributed by atoms with Crippen LogP contribution in [0.1, 0.15) is 5.56 Å². The van der Waals surface area contributed by atoms with Crippen molar-refractivity contribution in [2.75, 3.05) is 4.72 Å². The number of nitrogens with one attached hydrogen (secondary N) is 1. The fraction of sp³-hybridized carbons (Fsp3) is 0.0769. The van der Waals surface area contributed by atoms with Crippen LogP contribution in [0.4, 0.5) is 10.1 Å². The predicted molar refractivity (Wildman–Crippen MR) is 74.1 cm³/mol. The van der Waals surface area contributed by atoms with Crippen LogP contribution in [-0.2, 0) is 15.8 Å². The lowest BCUT2D eigenvalue weighted by Crippen LogP contribution is -2.15. The van der Waals surface area contributed by atoms with Crippen molar-refractivity contribution in [3.63, 3.8) is 0 Å². The van der Waals surface area contributed by atoms with E-state index in [4.69, 9.17) is 11.6 Å². The Morgan fingerprint density at radius 1 is 1.05 bits per heavy atom. The number of para-hydroxylation sites is 1. The van der Waals surface area contributed by atoms with Crippen LogP contribution in [-0.4, -0.2) is 8.42 Å². The summed E-state index contributed by atoms with van der Waals surface area (Å²) in [7, 11) is -3.66. The number of hydrogen-bond acceptors (Lipinski definition) is 2. The second kappa shape index (κ2) is 5.59. The third-order valence-corrected chi connectivity index (χ3v) is 3.91. The first kappa shape index (κ1) is 13.8. The summed E-state index contributed by atoms with van der Waals surface area (Å²) in [6.45, 7) is 0. The van der Waals surface area contributed by atoms with Crippen molar-refractivity contribution in [2.45, 2.75) is 5.75 Å². The van der Waals surface area contributed by atoms with Gasteiger partial charge in [0.15, 0.2) is 0 Å². The Kier molecular flexibility index (Phi) is 4.07. The van der Waals surface area contributed by atoms with Crippen LogP contribution in [0.15, 0.2) is 48.5 Å². The largest absolute Gasteiger partial charge is 0.280 e. The van der Waals surface area contributed by atoms with E-state index >= 15 is 0 Å². The number of hydrogen-bond donors (Lipinski definition) is 1. The van der Waals surface area contributed by atoms with E-state index in [1.807, 2.05) is 0 Å². The van der Waals surface area contributed by atoms with E-state index in [0.29, 0.717) is 10.6 Å². The Balaban J connectivity index is 2.15. The quantitative estimate of drug-likeness (QED) is 0.940. The zero-order valence-corrected chi connectivity index (χ0v) is 11.4. The van der Waals surface area contributed by atoms with Gasteiger partial charge in [0.1, 0.15) is 5.82 Å². The minimum Gasteiger partial charge on any atom is -0.280 e. The summed E-state index contributed by atoms with van der Waals surface area (Å²) >= 11 is 5.72. The van der Waals surface area contributed by atoms with Crippen LogP contribution < -0.4 is 4.72 Å². The molecule has 0 saturated heterocycles. The topological polar surface area (TPSA) is 46.2 Å². The SMILES string of the molecule is O=S(=O)(Cc1ccc(Cl)cc1)Nc1ccccc1F. The maximum Gasteiger partial charge on any atom is 0.237 e. The first-order valence-electron chi connectivity index (χ1n) is 5.46. The van der Waals surface area contributed by atoms with Gasteiger partial charge in [0, 0.05) is 5.02 Å². The maximum absolute atomic E-state index is 13.4. The van der Waals surface area contributed by atoms with E-state index in [9.17, 15) is 12.8 Å². The molecule has 0 aliphatic heterocycles. The van der Waals surface area contributed by atoms with Gasteiger partial charge in [-0.15, -0.1) is 0 Å². The highest BCUT2D eigenvalue weighted by Gasteiger charge is 2.13. The van der Waals surface area contributed by atoms with Gasteiger partial charge in [-0.3, -0.25) is 4.72 Å². The van der Waals surface area contributed by atoms with Crippen LogP contribution in [0.2, 0.25) is 5.02 Å². The molecule has 0 saturated carbocycles. The number of benzene rings is 2. The van der Waals surface area contributed by atoms with E-state index in [-0.39, 0.29) is 11.4 Å². The summed E-state index contributed by atoms with van der Waals surface area (Å²) in [5.41, 5.74) is 0.518. The Bertz CT molecular complexity index is 671. The Hall–Kier alpha value is -1.59. The van der Waals surface area contributed by atoms with E-state index in [1.165, 1.54) is 18.2 Å². The highest BCUT2D eigenvalue weighted by molar-refractivity contribution is 7.91. The van der Waals surface area contributed by atoms with Crippen LogP contribution in [0, 0.1) is 5.82 Å². The lowest BCUT2D eigenvalue weighted by atomic mass is 10.2. The molecule has 2 rings (SSSR count). The van der Waals surface area contributed by atoms with Crippen molar-refractivity contribution in [3.05, 3.63) is 64.9 Å². The maximum atomic E-state index is 13.4. The molecule has 0 aromatic heterocycles. The molecule has 100 valence electrons. The summed E-state index contributed by atoms with van der Waals surface area (Å²) in [5, 5.41) is 0.531. The van der Waals surface area contributed by atoms with Crippen LogP contribution in [0.3, 0.4) is 0 Å². The lowest BCUT2D eigenvalue weighted by Gasteiger charge is -2.08. The first-order chi connectivity index (χ1) is 8.96. The molecule has 2 aromatic carbocycles. The second-order valence-electron chi connectivity index (χ2n) is 3.97. The van der Waals surface area contributed by atoms with Crippen molar-refractivity contribution >= 4 is 27.3 Å². The molecule has 0 fully saturated rings. The van der Waals surface area contributed by atoms with Crippen LogP contribution >= 0.6 is 11.6 Å². The van der Waals surface area contributed by atoms with Gasteiger partial charge < -0.3 is 0 Å². The average molecular weight is 300 g/mol. The second-order valence-corrected chi connectivity index (χ2v) is 6.13. The Labute approximate surface area is 116 Å². The number of halogens is 2. The smallest absolute Gasteiger partial charge is 0.237 e. The highest BCUT2D eigenvalue weighted by atomic mass is 35.5. The van der Waals surface area contributed by atoms with Crippen molar-refractivity contribution in [2.24, 2.45) is 0 Å². The molecule has 3 nitrogen and oxygen atoms in total. The van der Waals surface area contributed by atoms with Crippen LogP contribution in [0.5, 0.6) is 0 Å². The minimum absolute atomic E-state index is 0.0588. The van der Waals surface area contributed by atoms with Gasteiger partial charge in [-0.1, -0.05) is 35.9 Å². The molecule has 6 heteroatoms. The third-order valence-electron chi connectivity index (χ3n) is 2.41. The lowest BCUT2D eigenvalue weighted by molar-refractivity contribution is 0.598. The van der Waals surface area contributed by atoms with Gasteiger partial charge in [0.2, 0.25) is 10.0 Å². The number of anilines is 1. The zero-order chi connectivity index (χ0) is 13.9. The van der Waals surface area contributed by atoms with Crippen molar-refractivity contribution in [1.82, 2.24) is 0 Å². The summed E-state index contributed by atoms with van der Waals surface area (Å²) < 4.78 is 39.4. The summed E-state index contributed by atoms with van der Waals surface area (Å²) in [4.78, 5) is 0. The first-order valence-corrected chi connectivity index (χ1v) is 7.49. The molecule has 0 unspecified atom stereocenters. The standard InChI is InChI=1S/C13H11ClFNO2S/c14-11-7-5-10(6-8-11)9-19(17,18)16-13-4-2-1-3-12(13)15/h1-8,16H,9H2. The Morgan fingerprint density at radius 2 is 1.68 bits per heavy atom. The van der Waals surface area contributed by atoms with Gasteiger partial charge in [-0.05, 0) is 29.8 Å². The zero-order valence-electron chi connectivity index (χ0n) is 9.81. The molecule has 0 radical (unpaired) electrons. The van der Waals surface area contributed by atoms with E-state index in [2.05, 4.69) is 4.72 Å². The van der Waals surface area contributed by atoms with Gasteiger partial charge in [0.25, 0.3) is 0 Å². The molecule has 0 aliphatic carbocycles. The molecule has 2 aromatic rings. The van der Waals surface area contributed by atoms with Crippen molar-refractivity contribution < 1.29 is 12.8 Å². The van der Waals surface area contributed by atoms with Gasteiger partial charge in [-0.25, -0.2) is 12.8 Å². The summed E-state index contributed by atoms with van der Waals surface area (Å²) in [6.07, 6.45) is 0. The fourth-order valence-corrected chi connectivity index (χ4v) is 2.88. The minimum atomic E-state index is -3.66. The molecular weight excluding hydrogens is 289 g/mol. The molecule has 0 heterocycles. The average Bonchev–Trinajstić information content (AvgIpc) is 2.35. The Morgan fingerprint density at radius 3 is 2.32 bits per heavy atom. The molecule has 0 amide bonds. The summed E-state index contributed by atoms with van der Waals surface area (Å²) in [5.74, 6) is -0.847. The summed E-state index contributed by atoms with van der Waals surface area (Å²) in [6, 6.07) is 12.1. The fourth-order valence-electron chi connectivity index (χ4n) is 1.55. The molecule has 0 bridgehead atoms. The molecule has 19 heavy (non-hydrogen) atoms. The third kappa shape index (κ3) is 3.94. The molecular formula is C13H11ClFNO2S. The molecule has 0 aliphatic rings. The highest BCUT2D eigenvalue weighted by Crippen LogP contribution is 2.17. The monoisotopic (exact) mass is 299 g/mol. The van der Waals surface area contributed by atoms with Crippen LogP contribution in [0.25, 0.3) is 0 Å². The van der Waals surface area contributed by atoms with Crippen molar-refractivity contribution in [3.8, 4) is 0 Å². The van der Waals surface area contributed by atoms with Gasteiger partial charge >= 0.3 is 0 Å². The molecule has 0 spiro atoms. The van der Waals surface area contributed by atoms with Gasteiger partial charge in [-0.2, -0.15) is 0 Å². The van der Waals surface area contributed by atoms with Crippen molar-refractivity contribution in [1.29, 1.82) is 0 Å². The number of rotatable bonds is 4. The predicted octanol–water partition coefficient (Wildman–Crippen LogP) is 3.42. The van der Waals surface area contributed by atoms with E-state index < -0.39 is 15.8 Å².